The molecule has 5 rings (SSSR count). The fourth-order valence-corrected chi connectivity index (χ4v) is 3.94. The summed E-state index contributed by atoms with van der Waals surface area (Å²) in [4.78, 5) is 27.8. The Bertz CT molecular complexity index is 1310. The van der Waals surface area contributed by atoms with Crippen molar-refractivity contribution in [2.24, 2.45) is 0 Å². The summed E-state index contributed by atoms with van der Waals surface area (Å²) < 4.78 is 11.8. The summed E-state index contributed by atoms with van der Waals surface area (Å²) >= 11 is 0.856. The number of carbonyl (C=O) groups is 2. The highest BCUT2D eigenvalue weighted by Crippen LogP contribution is 2.33. The standard InChI is InChI=1S/C24H16N2O4S/c27-23-21(31-24(28)26-23)11-19-10-17-12-25-13-20(22(17)30-19)16-6-8-18(9-7-16)29-14-15-4-2-1-3-5-15/h1-13H,14H2,(H,26,27,28)/b21-11+. The lowest BCUT2D eigenvalue weighted by molar-refractivity contribution is -0.115. The van der Waals surface area contributed by atoms with Crippen LogP contribution in [0.2, 0.25) is 0 Å². The van der Waals surface area contributed by atoms with Crippen molar-refractivity contribution < 1.29 is 18.7 Å². The van der Waals surface area contributed by atoms with Gasteiger partial charge in [-0.25, -0.2) is 0 Å². The van der Waals surface area contributed by atoms with E-state index < -0.39 is 5.91 Å². The fraction of sp³-hybridized carbons (Fsp3) is 0.0417. The number of fused-ring (bicyclic) bond motifs is 1. The van der Waals surface area contributed by atoms with Crippen molar-refractivity contribution in [3.05, 3.63) is 89.3 Å². The smallest absolute Gasteiger partial charge is 0.290 e. The van der Waals surface area contributed by atoms with E-state index in [0.29, 0.717) is 22.9 Å². The van der Waals surface area contributed by atoms with Crippen LogP contribution in [0.25, 0.3) is 28.2 Å². The average Bonchev–Trinajstić information content (AvgIpc) is 3.35. The lowest BCUT2D eigenvalue weighted by Crippen LogP contribution is -2.17. The molecular formula is C24H16N2O4S. The molecule has 0 saturated carbocycles. The van der Waals surface area contributed by atoms with Crippen LogP contribution >= 0.6 is 11.8 Å². The van der Waals surface area contributed by atoms with Gasteiger partial charge in [0.1, 0.15) is 23.7 Å². The van der Waals surface area contributed by atoms with Gasteiger partial charge in [0.05, 0.1) is 4.91 Å². The number of nitrogens with one attached hydrogen (secondary N) is 1. The van der Waals surface area contributed by atoms with Crippen LogP contribution in [0, 0.1) is 0 Å². The third kappa shape index (κ3) is 4.08. The molecule has 2 amide bonds. The summed E-state index contributed by atoms with van der Waals surface area (Å²) in [6, 6.07) is 19.5. The molecule has 1 aliphatic rings. The first kappa shape index (κ1) is 19.1. The number of aromatic nitrogens is 1. The Hall–Kier alpha value is -3.84. The van der Waals surface area contributed by atoms with Gasteiger partial charge in [-0.15, -0.1) is 0 Å². The summed E-state index contributed by atoms with van der Waals surface area (Å²) in [6.07, 6.45) is 5.01. The summed E-state index contributed by atoms with van der Waals surface area (Å²) in [6.45, 7) is 0.502. The number of hydrogen-bond donors (Lipinski definition) is 1. The van der Waals surface area contributed by atoms with Gasteiger partial charge in [-0.2, -0.15) is 0 Å². The average molecular weight is 428 g/mol. The Morgan fingerprint density at radius 3 is 2.58 bits per heavy atom. The van der Waals surface area contributed by atoms with Gasteiger partial charge in [-0.1, -0.05) is 42.5 Å². The van der Waals surface area contributed by atoms with E-state index in [2.05, 4.69) is 10.3 Å². The normalized spacial score (nSPS) is 14.9. The third-order valence-electron chi connectivity index (χ3n) is 4.77. The quantitative estimate of drug-likeness (QED) is 0.429. The summed E-state index contributed by atoms with van der Waals surface area (Å²) in [5.41, 5.74) is 3.53. The van der Waals surface area contributed by atoms with Gasteiger partial charge < -0.3 is 9.15 Å². The molecule has 0 spiro atoms. The van der Waals surface area contributed by atoms with Gasteiger partial charge in [0.25, 0.3) is 11.1 Å². The van der Waals surface area contributed by atoms with Crippen LogP contribution in [0.15, 0.2) is 82.4 Å². The maximum absolute atomic E-state index is 11.8. The van der Waals surface area contributed by atoms with Gasteiger partial charge in [-0.3, -0.25) is 19.9 Å². The zero-order valence-corrected chi connectivity index (χ0v) is 17.0. The first-order valence-electron chi connectivity index (χ1n) is 9.55. The molecule has 1 fully saturated rings. The zero-order chi connectivity index (χ0) is 21.2. The first-order valence-corrected chi connectivity index (χ1v) is 10.4. The van der Waals surface area contributed by atoms with E-state index in [1.807, 2.05) is 54.6 Å². The van der Waals surface area contributed by atoms with E-state index in [0.717, 1.165) is 39.6 Å². The molecule has 0 aliphatic carbocycles. The van der Waals surface area contributed by atoms with Crippen molar-refractivity contribution in [3.63, 3.8) is 0 Å². The van der Waals surface area contributed by atoms with Crippen LogP contribution in [0.1, 0.15) is 11.3 Å². The van der Waals surface area contributed by atoms with Crippen LogP contribution in [0.4, 0.5) is 4.79 Å². The molecule has 0 atom stereocenters. The highest BCUT2D eigenvalue weighted by Gasteiger charge is 2.25. The van der Waals surface area contributed by atoms with Crippen molar-refractivity contribution >= 4 is 40.0 Å². The van der Waals surface area contributed by atoms with Crippen molar-refractivity contribution in [1.29, 1.82) is 0 Å². The van der Waals surface area contributed by atoms with E-state index >= 15 is 0 Å². The Kier molecular flexibility index (Phi) is 5.01. The molecule has 31 heavy (non-hydrogen) atoms. The molecule has 0 radical (unpaired) electrons. The highest BCUT2D eigenvalue weighted by molar-refractivity contribution is 8.18. The lowest BCUT2D eigenvalue weighted by Gasteiger charge is -2.08. The molecule has 4 aromatic rings. The molecule has 2 aromatic carbocycles. The van der Waals surface area contributed by atoms with E-state index in [9.17, 15) is 9.59 Å². The monoisotopic (exact) mass is 428 g/mol. The third-order valence-corrected chi connectivity index (χ3v) is 5.58. The zero-order valence-electron chi connectivity index (χ0n) is 16.2. The number of carbonyl (C=O) groups excluding carboxylic acids is 2. The van der Waals surface area contributed by atoms with Crippen LogP contribution in [0.3, 0.4) is 0 Å². The Morgan fingerprint density at radius 2 is 1.84 bits per heavy atom. The number of furan rings is 1. The second-order valence-electron chi connectivity index (χ2n) is 6.91. The number of nitrogens with zero attached hydrogens (tertiary/aromatic N) is 1. The molecule has 3 heterocycles. The number of rotatable bonds is 5. The predicted octanol–water partition coefficient (Wildman–Crippen LogP) is 5.40. The molecule has 1 saturated heterocycles. The van der Waals surface area contributed by atoms with Gasteiger partial charge in [0.15, 0.2) is 0 Å². The molecule has 0 bridgehead atoms. The van der Waals surface area contributed by atoms with E-state index in [1.165, 1.54) is 0 Å². The maximum Gasteiger partial charge on any atom is 0.290 e. The van der Waals surface area contributed by atoms with Crippen molar-refractivity contribution in [3.8, 4) is 16.9 Å². The molecule has 2 aromatic heterocycles. The van der Waals surface area contributed by atoms with Crippen LogP contribution in [0.5, 0.6) is 5.75 Å². The summed E-state index contributed by atoms with van der Waals surface area (Å²) in [5.74, 6) is 0.839. The SMILES string of the molecule is O=C1NC(=O)/C(=C\c2cc3cncc(-c4ccc(OCc5ccccc5)cc4)c3o2)S1. The number of ether oxygens (including phenoxy) is 1. The molecule has 0 unspecified atom stereocenters. The second kappa shape index (κ2) is 8.12. The van der Waals surface area contributed by atoms with E-state index in [-0.39, 0.29) is 5.24 Å². The Morgan fingerprint density at radius 1 is 1.03 bits per heavy atom. The van der Waals surface area contributed by atoms with E-state index in [4.69, 9.17) is 9.15 Å². The topological polar surface area (TPSA) is 81.4 Å². The minimum absolute atomic E-state index is 0.304. The predicted molar refractivity (Wildman–Crippen MR) is 119 cm³/mol. The Balaban J connectivity index is 1.40. The lowest BCUT2D eigenvalue weighted by atomic mass is 10.1. The number of thioether (sulfide) groups is 1. The first-order chi connectivity index (χ1) is 15.2. The molecular weight excluding hydrogens is 412 g/mol. The minimum Gasteiger partial charge on any atom is -0.489 e. The summed E-state index contributed by atoms with van der Waals surface area (Å²) in [5, 5.41) is 2.66. The van der Waals surface area contributed by atoms with Gasteiger partial charge in [-0.05, 0) is 41.1 Å². The number of pyridine rings is 1. The maximum atomic E-state index is 11.8. The fourth-order valence-electron chi connectivity index (χ4n) is 3.28. The van der Waals surface area contributed by atoms with E-state index in [1.54, 1.807) is 24.5 Å². The number of amides is 2. The number of benzene rings is 2. The van der Waals surface area contributed by atoms with Crippen molar-refractivity contribution in [2.45, 2.75) is 6.61 Å². The summed E-state index contributed by atoms with van der Waals surface area (Å²) in [7, 11) is 0. The van der Waals surface area contributed by atoms with Gasteiger partial charge in [0.2, 0.25) is 0 Å². The van der Waals surface area contributed by atoms with Gasteiger partial charge >= 0.3 is 0 Å². The van der Waals surface area contributed by atoms with Crippen molar-refractivity contribution in [1.82, 2.24) is 10.3 Å². The molecule has 6 nitrogen and oxygen atoms in total. The highest BCUT2D eigenvalue weighted by atomic mass is 32.2. The molecule has 1 N–H and O–H groups in total. The second-order valence-corrected chi connectivity index (χ2v) is 7.92. The Labute approximate surface area is 181 Å². The van der Waals surface area contributed by atoms with Crippen LogP contribution < -0.4 is 10.1 Å². The van der Waals surface area contributed by atoms with Crippen LogP contribution in [-0.4, -0.2) is 16.1 Å². The minimum atomic E-state index is -0.417. The largest absolute Gasteiger partial charge is 0.489 e. The van der Waals surface area contributed by atoms with Crippen molar-refractivity contribution in [2.75, 3.05) is 0 Å². The van der Waals surface area contributed by atoms with Gasteiger partial charge in [0, 0.05) is 29.4 Å². The van der Waals surface area contributed by atoms with Crippen LogP contribution in [-0.2, 0) is 11.4 Å². The molecule has 7 heteroatoms. The number of hydrogen-bond acceptors (Lipinski definition) is 6. The molecule has 152 valence electrons. The molecule has 1 aliphatic heterocycles. The number of imide groups is 1.